The highest BCUT2D eigenvalue weighted by Gasteiger charge is 2.16. The number of aliphatic hydroxyl groups is 1. The molecule has 0 radical (unpaired) electrons. The van der Waals surface area contributed by atoms with Crippen molar-refractivity contribution in [2.45, 2.75) is 6.61 Å². The van der Waals surface area contributed by atoms with Crippen LogP contribution in [0.25, 0.3) is 11.0 Å². The van der Waals surface area contributed by atoms with Gasteiger partial charge in [0.15, 0.2) is 0 Å². The Bertz CT molecular complexity index is 945. The van der Waals surface area contributed by atoms with Gasteiger partial charge in [0.1, 0.15) is 16.9 Å². The molecule has 5 nitrogen and oxygen atoms in total. The van der Waals surface area contributed by atoms with E-state index in [1.54, 1.807) is 36.4 Å². The molecule has 2 aromatic carbocycles. The van der Waals surface area contributed by atoms with E-state index in [0.717, 1.165) is 0 Å². The van der Waals surface area contributed by atoms with Crippen molar-refractivity contribution in [1.29, 1.82) is 0 Å². The summed E-state index contributed by atoms with van der Waals surface area (Å²) in [5.41, 5.74) is -0.121. The van der Waals surface area contributed by atoms with Crippen LogP contribution in [0, 0.1) is 0 Å². The first-order valence-corrected chi connectivity index (χ1v) is 7.10. The molecule has 6 heteroatoms. The molecule has 0 aliphatic rings. The van der Waals surface area contributed by atoms with E-state index in [1.165, 1.54) is 12.1 Å². The number of hydrogen-bond donors (Lipinski definition) is 1. The smallest absolute Gasteiger partial charge is 0.351 e. The predicted octanol–water partition coefficient (Wildman–Crippen LogP) is 3.16. The fraction of sp³-hybridized carbons (Fsp3) is 0.0588. The van der Waals surface area contributed by atoms with Gasteiger partial charge in [0.25, 0.3) is 0 Å². The van der Waals surface area contributed by atoms with Crippen LogP contribution in [-0.2, 0) is 6.61 Å². The van der Waals surface area contributed by atoms with Crippen LogP contribution in [0.5, 0.6) is 5.75 Å². The van der Waals surface area contributed by atoms with Crippen molar-refractivity contribution in [3.63, 3.8) is 0 Å². The molecule has 0 aliphatic carbocycles. The lowest BCUT2D eigenvalue weighted by Gasteiger charge is -2.05. The van der Waals surface area contributed by atoms with E-state index in [1.807, 2.05) is 0 Å². The van der Waals surface area contributed by atoms with Gasteiger partial charge in [0, 0.05) is 10.4 Å². The first kappa shape index (κ1) is 15.3. The summed E-state index contributed by atoms with van der Waals surface area (Å²) in [5, 5.41) is 10.1. The van der Waals surface area contributed by atoms with E-state index in [9.17, 15) is 9.59 Å². The molecule has 23 heavy (non-hydrogen) atoms. The van der Waals surface area contributed by atoms with Gasteiger partial charge >= 0.3 is 11.6 Å². The van der Waals surface area contributed by atoms with Crippen LogP contribution >= 0.6 is 11.6 Å². The number of rotatable bonds is 3. The molecule has 1 aromatic heterocycles. The lowest BCUT2D eigenvalue weighted by molar-refractivity contribution is 0.0730. The van der Waals surface area contributed by atoms with Crippen molar-refractivity contribution < 1.29 is 19.1 Å². The predicted molar refractivity (Wildman–Crippen MR) is 84.8 cm³/mol. The Morgan fingerprint density at radius 1 is 1.17 bits per heavy atom. The Kier molecular flexibility index (Phi) is 4.14. The quantitative estimate of drug-likeness (QED) is 0.453. The molecule has 0 bridgehead atoms. The second-order valence-corrected chi connectivity index (χ2v) is 5.26. The largest absolute Gasteiger partial charge is 0.423 e. The van der Waals surface area contributed by atoms with Crippen LogP contribution in [0.1, 0.15) is 15.9 Å². The maximum Gasteiger partial charge on any atom is 0.351 e. The van der Waals surface area contributed by atoms with E-state index in [-0.39, 0.29) is 17.9 Å². The molecular formula is C17H11ClO5. The third-order valence-corrected chi connectivity index (χ3v) is 3.44. The highest BCUT2D eigenvalue weighted by Crippen LogP contribution is 2.20. The lowest BCUT2D eigenvalue weighted by Crippen LogP contribution is -2.18. The molecule has 1 heterocycles. The molecule has 3 rings (SSSR count). The molecule has 3 aromatic rings. The number of carbonyl (C=O) groups excluding carboxylic acids is 1. The summed E-state index contributed by atoms with van der Waals surface area (Å²) in [6.45, 7) is -0.168. The number of benzene rings is 2. The standard InChI is InChI=1S/C17H11ClO5/c18-12-2-1-3-13(8-12)22-16(20)14-7-11-5-4-10(9-19)6-15(11)23-17(14)21/h1-8,19H,9H2. The van der Waals surface area contributed by atoms with Crippen LogP contribution in [0.15, 0.2) is 57.7 Å². The van der Waals surface area contributed by atoms with Crippen molar-refractivity contribution in [3.8, 4) is 5.75 Å². The molecule has 0 saturated heterocycles. The van der Waals surface area contributed by atoms with Crippen molar-refractivity contribution in [1.82, 2.24) is 0 Å². The second-order valence-electron chi connectivity index (χ2n) is 4.82. The minimum atomic E-state index is -0.825. The highest BCUT2D eigenvalue weighted by molar-refractivity contribution is 6.30. The molecule has 116 valence electrons. The van der Waals surface area contributed by atoms with Crippen molar-refractivity contribution in [3.05, 3.63) is 75.1 Å². The van der Waals surface area contributed by atoms with Crippen LogP contribution in [0.3, 0.4) is 0 Å². The van der Waals surface area contributed by atoms with Crippen LogP contribution in [-0.4, -0.2) is 11.1 Å². The molecule has 0 fully saturated rings. The number of esters is 1. The number of carbonyl (C=O) groups is 1. The number of ether oxygens (including phenoxy) is 1. The molecule has 0 aliphatic heterocycles. The van der Waals surface area contributed by atoms with Gasteiger partial charge in [-0.2, -0.15) is 0 Å². The zero-order valence-corrected chi connectivity index (χ0v) is 12.5. The summed E-state index contributed by atoms with van der Waals surface area (Å²) in [7, 11) is 0. The number of fused-ring (bicyclic) bond motifs is 1. The van der Waals surface area contributed by atoms with E-state index in [0.29, 0.717) is 21.6 Å². The summed E-state index contributed by atoms with van der Waals surface area (Å²) in [6, 6.07) is 12.6. The Morgan fingerprint density at radius 2 is 2.00 bits per heavy atom. The number of aliphatic hydroxyl groups excluding tert-OH is 1. The lowest BCUT2D eigenvalue weighted by atomic mass is 10.1. The Morgan fingerprint density at radius 3 is 2.74 bits per heavy atom. The second kappa shape index (κ2) is 6.24. The summed E-state index contributed by atoms with van der Waals surface area (Å²) < 4.78 is 10.3. The highest BCUT2D eigenvalue weighted by atomic mass is 35.5. The summed E-state index contributed by atoms with van der Waals surface area (Å²) in [6.07, 6.45) is 0. The van der Waals surface area contributed by atoms with Gasteiger partial charge in [0.05, 0.1) is 6.61 Å². The van der Waals surface area contributed by atoms with E-state index in [2.05, 4.69) is 0 Å². The Labute approximate surface area is 135 Å². The average Bonchev–Trinajstić information content (AvgIpc) is 2.53. The van der Waals surface area contributed by atoms with Crippen molar-refractivity contribution in [2.75, 3.05) is 0 Å². The van der Waals surface area contributed by atoms with Gasteiger partial charge in [-0.15, -0.1) is 0 Å². The molecular weight excluding hydrogens is 320 g/mol. The summed E-state index contributed by atoms with van der Waals surface area (Å²) >= 11 is 5.82. The molecule has 0 saturated carbocycles. The minimum Gasteiger partial charge on any atom is -0.423 e. The van der Waals surface area contributed by atoms with Gasteiger partial charge in [0.2, 0.25) is 0 Å². The van der Waals surface area contributed by atoms with Crippen LogP contribution in [0.2, 0.25) is 5.02 Å². The van der Waals surface area contributed by atoms with Crippen LogP contribution < -0.4 is 10.4 Å². The van der Waals surface area contributed by atoms with E-state index < -0.39 is 11.6 Å². The zero-order valence-electron chi connectivity index (χ0n) is 11.8. The first-order valence-electron chi connectivity index (χ1n) is 6.72. The average molecular weight is 331 g/mol. The van der Waals surface area contributed by atoms with Gasteiger partial charge in [-0.1, -0.05) is 29.8 Å². The maximum atomic E-state index is 12.1. The van der Waals surface area contributed by atoms with Crippen molar-refractivity contribution >= 4 is 28.5 Å². The van der Waals surface area contributed by atoms with Gasteiger partial charge in [-0.05, 0) is 35.9 Å². The molecule has 0 amide bonds. The Balaban J connectivity index is 1.97. The zero-order chi connectivity index (χ0) is 16.4. The molecule has 0 unspecified atom stereocenters. The van der Waals surface area contributed by atoms with Gasteiger partial charge < -0.3 is 14.3 Å². The molecule has 0 atom stereocenters. The summed E-state index contributed by atoms with van der Waals surface area (Å²) in [4.78, 5) is 24.1. The van der Waals surface area contributed by atoms with Crippen LogP contribution in [0.4, 0.5) is 0 Å². The van der Waals surface area contributed by atoms with E-state index in [4.69, 9.17) is 25.9 Å². The SMILES string of the molecule is O=C(Oc1cccc(Cl)c1)c1cc2ccc(CO)cc2oc1=O. The summed E-state index contributed by atoms with van der Waals surface area (Å²) in [5.74, 6) is -0.591. The first-order chi connectivity index (χ1) is 11.1. The fourth-order valence-electron chi connectivity index (χ4n) is 2.09. The van der Waals surface area contributed by atoms with Gasteiger partial charge in [-0.25, -0.2) is 9.59 Å². The topological polar surface area (TPSA) is 76.7 Å². The van der Waals surface area contributed by atoms with Crippen molar-refractivity contribution in [2.24, 2.45) is 0 Å². The third-order valence-electron chi connectivity index (χ3n) is 3.21. The van der Waals surface area contributed by atoms with E-state index >= 15 is 0 Å². The van der Waals surface area contributed by atoms with Gasteiger partial charge in [-0.3, -0.25) is 0 Å². The Hall–Kier alpha value is -2.63. The third kappa shape index (κ3) is 3.26. The molecule has 0 spiro atoms. The molecule has 1 N–H and O–H groups in total. The fourth-order valence-corrected chi connectivity index (χ4v) is 2.27. The normalized spacial score (nSPS) is 10.7. The maximum absolute atomic E-state index is 12.1. The minimum absolute atomic E-state index is 0.168. The number of halogens is 1. The monoisotopic (exact) mass is 330 g/mol. The number of hydrogen-bond acceptors (Lipinski definition) is 5.